The summed E-state index contributed by atoms with van der Waals surface area (Å²) in [5, 5.41) is 3.52. The van der Waals surface area contributed by atoms with Gasteiger partial charge in [0, 0.05) is 25.8 Å². The molecule has 20 heavy (non-hydrogen) atoms. The Balaban J connectivity index is 2.74. The molecule has 0 bridgehead atoms. The van der Waals surface area contributed by atoms with Crippen molar-refractivity contribution in [3.8, 4) is 0 Å². The summed E-state index contributed by atoms with van der Waals surface area (Å²) in [5.74, 6) is 1.80. The second kappa shape index (κ2) is 8.96. The van der Waals surface area contributed by atoms with Gasteiger partial charge in [-0.3, -0.25) is 0 Å². The highest BCUT2D eigenvalue weighted by atomic mass is 15.2. The van der Waals surface area contributed by atoms with Crippen LogP contribution in [0, 0.1) is 5.92 Å². The van der Waals surface area contributed by atoms with E-state index in [4.69, 9.17) is 4.98 Å². The van der Waals surface area contributed by atoms with Crippen LogP contribution in [0.15, 0.2) is 12.1 Å². The third-order valence-electron chi connectivity index (χ3n) is 3.41. The van der Waals surface area contributed by atoms with E-state index in [2.05, 4.69) is 57.1 Å². The first-order chi connectivity index (χ1) is 9.56. The molecule has 0 fully saturated rings. The van der Waals surface area contributed by atoms with E-state index >= 15 is 0 Å². The van der Waals surface area contributed by atoms with Crippen LogP contribution in [0.25, 0.3) is 0 Å². The molecule has 0 unspecified atom stereocenters. The molecular weight excluding hydrogens is 246 g/mol. The zero-order chi connectivity index (χ0) is 15.0. The van der Waals surface area contributed by atoms with Gasteiger partial charge in [0.1, 0.15) is 5.82 Å². The number of aromatic nitrogens is 1. The maximum absolute atomic E-state index is 4.75. The quantitative estimate of drug-likeness (QED) is 0.747. The zero-order valence-electron chi connectivity index (χ0n) is 13.9. The Morgan fingerprint density at radius 2 is 2.00 bits per heavy atom. The number of nitrogens with one attached hydrogen (secondary N) is 1. The number of aryl methyl sites for hydroxylation is 1. The molecule has 0 saturated carbocycles. The summed E-state index contributed by atoms with van der Waals surface area (Å²) in [6, 6.07) is 4.45. The highest BCUT2D eigenvalue weighted by molar-refractivity contribution is 5.42. The number of anilines is 1. The first kappa shape index (κ1) is 17.0. The van der Waals surface area contributed by atoms with Gasteiger partial charge in [-0.05, 0) is 43.0 Å². The highest BCUT2D eigenvalue weighted by Crippen LogP contribution is 2.15. The molecule has 0 amide bonds. The predicted molar refractivity (Wildman–Crippen MR) is 88.3 cm³/mol. The first-order valence-corrected chi connectivity index (χ1v) is 7.98. The molecule has 0 radical (unpaired) electrons. The molecule has 1 rings (SSSR count). The van der Waals surface area contributed by atoms with Crippen molar-refractivity contribution >= 4 is 5.82 Å². The lowest BCUT2D eigenvalue weighted by Crippen LogP contribution is -2.22. The van der Waals surface area contributed by atoms with Gasteiger partial charge in [0.2, 0.25) is 0 Å². The van der Waals surface area contributed by atoms with Crippen LogP contribution in [0.2, 0.25) is 0 Å². The number of hydrogen-bond donors (Lipinski definition) is 1. The molecule has 3 nitrogen and oxygen atoms in total. The normalized spacial score (nSPS) is 11.1. The fraction of sp³-hybridized carbons (Fsp3) is 0.706. The van der Waals surface area contributed by atoms with Crippen LogP contribution in [0.4, 0.5) is 5.82 Å². The lowest BCUT2D eigenvalue weighted by atomic mass is 10.1. The Morgan fingerprint density at radius 1 is 1.25 bits per heavy atom. The van der Waals surface area contributed by atoms with Crippen LogP contribution in [-0.4, -0.2) is 25.1 Å². The molecular formula is C17H31N3. The van der Waals surface area contributed by atoms with Gasteiger partial charge in [-0.1, -0.05) is 34.1 Å². The SMILES string of the molecule is CCCCN(C)c1cc(CNCC(C)C)cc(CC)n1. The molecule has 0 aliphatic rings. The van der Waals surface area contributed by atoms with E-state index < -0.39 is 0 Å². The van der Waals surface area contributed by atoms with Gasteiger partial charge < -0.3 is 10.2 Å². The average Bonchev–Trinajstić information content (AvgIpc) is 2.43. The zero-order valence-corrected chi connectivity index (χ0v) is 13.9. The standard InChI is InChI=1S/C17H31N3/c1-6-8-9-20(5)17-11-15(10-16(7-2)19-17)13-18-12-14(3)4/h10-11,14,18H,6-9,12-13H2,1-5H3. The number of unbranched alkanes of at least 4 members (excludes halogenated alkanes) is 1. The summed E-state index contributed by atoms with van der Waals surface area (Å²) in [4.78, 5) is 7.02. The van der Waals surface area contributed by atoms with Crippen LogP contribution in [0.3, 0.4) is 0 Å². The van der Waals surface area contributed by atoms with E-state index in [-0.39, 0.29) is 0 Å². The summed E-state index contributed by atoms with van der Waals surface area (Å²) in [6.07, 6.45) is 3.43. The summed E-state index contributed by atoms with van der Waals surface area (Å²) in [6.45, 7) is 11.9. The molecule has 0 aromatic carbocycles. The Bertz CT molecular complexity index is 388. The van der Waals surface area contributed by atoms with Gasteiger partial charge in [-0.2, -0.15) is 0 Å². The monoisotopic (exact) mass is 277 g/mol. The van der Waals surface area contributed by atoms with Crippen molar-refractivity contribution < 1.29 is 0 Å². The van der Waals surface area contributed by atoms with Crippen molar-refractivity contribution in [1.82, 2.24) is 10.3 Å². The molecule has 0 spiro atoms. The molecule has 0 saturated heterocycles. The largest absolute Gasteiger partial charge is 0.360 e. The van der Waals surface area contributed by atoms with E-state index in [9.17, 15) is 0 Å². The fourth-order valence-electron chi connectivity index (χ4n) is 2.13. The molecule has 0 aliphatic heterocycles. The number of pyridine rings is 1. The summed E-state index contributed by atoms with van der Waals surface area (Å²) in [7, 11) is 2.14. The molecule has 114 valence electrons. The van der Waals surface area contributed by atoms with Crippen molar-refractivity contribution in [1.29, 1.82) is 0 Å². The molecule has 0 aliphatic carbocycles. The van der Waals surface area contributed by atoms with Gasteiger partial charge in [0.05, 0.1) is 0 Å². The van der Waals surface area contributed by atoms with Crippen LogP contribution in [-0.2, 0) is 13.0 Å². The van der Waals surface area contributed by atoms with Gasteiger partial charge in [-0.15, -0.1) is 0 Å². The maximum atomic E-state index is 4.75. The fourth-order valence-corrected chi connectivity index (χ4v) is 2.13. The summed E-state index contributed by atoms with van der Waals surface area (Å²) >= 11 is 0. The van der Waals surface area contributed by atoms with Crippen molar-refractivity contribution in [2.45, 2.75) is 53.5 Å². The van der Waals surface area contributed by atoms with Crippen molar-refractivity contribution in [3.63, 3.8) is 0 Å². The van der Waals surface area contributed by atoms with E-state index in [1.165, 1.54) is 24.1 Å². The Hall–Kier alpha value is -1.09. The molecule has 1 N–H and O–H groups in total. The summed E-state index contributed by atoms with van der Waals surface area (Å²) in [5.41, 5.74) is 2.53. The predicted octanol–water partition coefficient (Wildman–Crippen LogP) is 3.63. The van der Waals surface area contributed by atoms with Gasteiger partial charge in [-0.25, -0.2) is 4.98 Å². The maximum Gasteiger partial charge on any atom is 0.128 e. The van der Waals surface area contributed by atoms with Gasteiger partial charge in [0.25, 0.3) is 0 Å². The Labute approximate surface area is 124 Å². The van der Waals surface area contributed by atoms with Crippen molar-refractivity contribution in [2.75, 3.05) is 25.0 Å². The highest BCUT2D eigenvalue weighted by Gasteiger charge is 2.06. The van der Waals surface area contributed by atoms with E-state index in [1.807, 2.05) is 0 Å². The second-order valence-electron chi connectivity index (χ2n) is 5.98. The number of hydrogen-bond acceptors (Lipinski definition) is 3. The van der Waals surface area contributed by atoms with Gasteiger partial charge in [0.15, 0.2) is 0 Å². The van der Waals surface area contributed by atoms with Crippen LogP contribution in [0.5, 0.6) is 0 Å². The molecule has 1 aromatic rings. The molecule has 3 heteroatoms. The third kappa shape index (κ3) is 5.91. The van der Waals surface area contributed by atoms with Crippen LogP contribution >= 0.6 is 0 Å². The number of nitrogens with zero attached hydrogens (tertiary/aromatic N) is 2. The minimum absolute atomic E-state index is 0.689. The topological polar surface area (TPSA) is 28.2 Å². The molecule has 0 atom stereocenters. The van der Waals surface area contributed by atoms with E-state index in [1.54, 1.807) is 0 Å². The summed E-state index contributed by atoms with van der Waals surface area (Å²) < 4.78 is 0. The smallest absolute Gasteiger partial charge is 0.128 e. The van der Waals surface area contributed by atoms with E-state index in [0.29, 0.717) is 5.92 Å². The Morgan fingerprint density at radius 3 is 2.60 bits per heavy atom. The first-order valence-electron chi connectivity index (χ1n) is 7.98. The second-order valence-corrected chi connectivity index (χ2v) is 5.98. The minimum atomic E-state index is 0.689. The lowest BCUT2D eigenvalue weighted by Gasteiger charge is -2.20. The third-order valence-corrected chi connectivity index (χ3v) is 3.41. The van der Waals surface area contributed by atoms with E-state index in [0.717, 1.165) is 31.9 Å². The molecule has 1 heterocycles. The van der Waals surface area contributed by atoms with Crippen LogP contribution in [0.1, 0.15) is 51.8 Å². The van der Waals surface area contributed by atoms with Gasteiger partial charge >= 0.3 is 0 Å². The van der Waals surface area contributed by atoms with Crippen LogP contribution < -0.4 is 10.2 Å². The lowest BCUT2D eigenvalue weighted by molar-refractivity contribution is 0.552. The average molecular weight is 277 g/mol. The number of rotatable bonds is 9. The molecule has 1 aromatic heterocycles. The Kier molecular flexibility index (Phi) is 7.60. The van der Waals surface area contributed by atoms with Crippen molar-refractivity contribution in [3.05, 3.63) is 23.4 Å². The van der Waals surface area contributed by atoms with Crippen molar-refractivity contribution in [2.24, 2.45) is 5.92 Å². The minimum Gasteiger partial charge on any atom is -0.360 e.